The fraction of sp³-hybridized carbons (Fsp3) is 0.310. The first-order chi connectivity index (χ1) is 17.6. The minimum atomic E-state index is -0.914. The molecule has 0 saturated carbocycles. The van der Waals surface area contributed by atoms with Crippen LogP contribution in [0.3, 0.4) is 0 Å². The topological polar surface area (TPSA) is 94.1 Å². The van der Waals surface area contributed by atoms with E-state index in [0.29, 0.717) is 47.9 Å². The second kappa shape index (κ2) is 11.2. The molecule has 1 aliphatic rings. The maximum atomic E-state index is 12.8. The first kappa shape index (κ1) is 26.5. The van der Waals surface area contributed by atoms with E-state index in [0.717, 1.165) is 5.56 Å². The summed E-state index contributed by atoms with van der Waals surface area (Å²) in [5, 5.41) is 12.7. The number of hydrogen-bond donors (Lipinski definition) is 2. The van der Waals surface area contributed by atoms with E-state index in [4.69, 9.17) is 25.8 Å². The number of carbonyl (C=O) groups excluding carboxylic acids is 1. The van der Waals surface area contributed by atoms with Gasteiger partial charge < -0.3 is 24.6 Å². The molecule has 0 saturated heterocycles. The Morgan fingerprint density at radius 1 is 1.11 bits per heavy atom. The van der Waals surface area contributed by atoms with Gasteiger partial charge in [0, 0.05) is 23.7 Å². The van der Waals surface area contributed by atoms with Crippen molar-refractivity contribution in [1.82, 2.24) is 5.32 Å². The van der Waals surface area contributed by atoms with Gasteiger partial charge in [-0.1, -0.05) is 41.9 Å². The van der Waals surface area contributed by atoms with Crippen molar-refractivity contribution in [3.05, 3.63) is 88.4 Å². The lowest BCUT2D eigenvalue weighted by Crippen LogP contribution is -2.33. The van der Waals surface area contributed by atoms with Crippen molar-refractivity contribution in [1.29, 1.82) is 0 Å². The molecule has 2 atom stereocenters. The van der Waals surface area contributed by atoms with E-state index < -0.39 is 11.9 Å². The Balaban J connectivity index is 1.42. The van der Waals surface area contributed by atoms with Gasteiger partial charge in [-0.25, -0.2) is 0 Å². The molecule has 8 heteroatoms. The van der Waals surface area contributed by atoms with E-state index >= 15 is 0 Å². The number of amides is 1. The maximum absolute atomic E-state index is 12.8. The minimum absolute atomic E-state index is 0.232. The smallest absolute Gasteiger partial charge is 0.311 e. The standard InChI is InChI=1S/C29H30ClNO6/c1-29(2,3)37-26(18-7-5-4-6-8-18)17-31-27(32)19-9-11-20(12-10-19)36-25-16-24-22(15-23(25)30)21(28(33)34)13-14-35-24/h4-12,15-16,21,26H,13-14,17H2,1-3H3,(H,31,32)(H,33,34). The average molecular weight is 524 g/mol. The highest BCUT2D eigenvalue weighted by molar-refractivity contribution is 6.32. The molecule has 37 heavy (non-hydrogen) atoms. The number of carbonyl (C=O) groups is 2. The molecule has 1 aliphatic heterocycles. The van der Waals surface area contributed by atoms with Gasteiger partial charge in [-0.15, -0.1) is 0 Å². The van der Waals surface area contributed by atoms with Gasteiger partial charge >= 0.3 is 5.97 Å². The normalized spacial score (nSPS) is 15.7. The van der Waals surface area contributed by atoms with Crippen molar-refractivity contribution in [2.75, 3.05) is 13.2 Å². The lowest BCUT2D eigenvalue weighted by Gasteiger charge is -2.28. The van der Waals surface area contributed by atoms with E-state index in [-0.39, 0.29) is 22.6 Å². The zero-order valence-corrected chi connectivity index (χ0v) is 21.7. The number of nitrogens with one attached hydrogen (secondary N) is 1. The number of carboxylic acids is 1. The summed E-state index contributed by atoms with van der Waals surface area (Å²) >= 11 is 6.38. The monoisotopic (exact) mass is 523 g/mol. The lowest BCUT2D eigenvalue weighted by molar-refractivity contribution is -0.139. The summed E-state index contributed by atoms with van der Waals surface area (Å²) in [7, 11) is 0. The summed E-state index contributed by atoms with van der Waals surface area (Å²) in [6.45, 7) is 6.57. The molecule has 2 unspecified atom stereocenters. The van der Waals surface area contributed by atoms with Gasteiger partial charge in [-0.3, -0.25) is 9.59 Å². The van der Waals surface area contributed by atoms with Gasteiger partial charge in [-0.05, 0) is 63.1 Å². The van der Waals surface area contributed by atoms with Gasteiger partial charge in [0.1, 0.15) is 23.4 Å². The summed E-state index contributed by atoms with van der Waals surface area (Å²) in [5.41, 5.74) is 1.62. The highest BCUT2D eigenvalue weighted by atomic mass is 35.5. The molecule has 194 valence electrons. The van der Waals surface area contributed by atoms with Crippen LogP contribution < -0.4 is 14.8 Å². The van der Waals surface area contributed by atoms with Crippen molar-refractivity contribution < 1.29 is 28.9 Å². The van der Waals surface area contributed by atoms with Gasteiger partial charge in [0.25, 0.3) is 5.91 Å². The number of ether oxygens (including phenoxy) is 3. The molecule has 1 heterocycles. The van der Waals surface area contributed by atoms with Crippen LogP contribution in [0.15, 0.2) is 66.7 Å². The Morgan fingerprint density at radius 3 is 2.46 bits per heavy atom. The predicted octanol–water partition coefficient (Wildman–Crippen LogP) is 6.37. The van der Waals surface area contributed by atoms with Crippen molar-refractivity contribution in [2.45, 2.75) is 44.8 Å². The first-order valence-corrected chi connectivity index (χ1v) is 12.5. The molecular weight excluding hydrogens is 494 g/mol. The molecule has 0 fully saturated rings. The van der Waals surface area contributed by atoms with Gasteiger partial charge in [-0.2, -0.15) is 0 Å². The van der Waals surface area contributed by atoms with Gasteiger partial charge in [0.2, 0.25) is 0 Å². The van der Waals surface area contributed by atoms with E-state index in [9.17, 15) is 14.7 Å². The van der Waals surface area contributed by atoms with Crippen LogP contribution in [0.2, 0.25) is 5.02 Å². The average Bonchev–Trinajstić information content (AvgIpc) is 2.86. The Morgan fingerprint density at radius 2 is 1.81 bits per heavy atom. The van der Waals surface area contributed by atoms with E-state index in [1.54, 1.807) is 36.4 Å². The molecule has 0 radical (unpaired) electrons. The molecule has 3 aromatic carbocycles. The van der Waals surface area contributed by atoms with Crippen LogP contribution >= 0.6 is 11.6 Å². The summed E-state index contributed by atoms with van der Waals surface area (Å²) in [5.74, 6) is -0.549. The van der Waals surface area contributed by atoms with Crippen molar-refractivity contribution in [2.24, 2.45) is 0 Å². The summed E-state index contributed by atoms with van der Waals surface area (Å²) < 4.78 is 17.7. The number of fused-ring (bicyclic) bond motifs is 1. The second-order valence-electron chi connectivity index (χ2n) is 9.81. The third-order valence-corrected chi connectivity index (χ3v) is 6.16. The molecule has 1 amide bonds. The number of rotatable bonds is 8. The molecule has 3 aromatic rings. The third-order valence-electron chi connectivity index (χ3n) is 5.86. The highest BCUT2D eigenvalue weighted by Crippen LogP contribution is 2.41. The Hall–Kier alpha value is -3.55. The van der Waals surface area contributed by atoms with Crippen LogP contribution in [0.5, 0.6) is 17.2 Å². The van der Waals surface area contributed by atoms with Crippen LogP contribution in [-0.4, -0.2) is 35.7 Å². The largest absolute Gasteiger partial charge is 0.493 e. The fourth-order valence-corrected chi connectivity index (χ4v) is 4.35. The highest BCUT2D eigenvalue weighted by Gasteiger charge is 2.29. The molecule has 0 spiro atoms. The lowest BCUT2D eigenvalue weighted by atomic mass is 9.93. The first-order valence-electron chi connectivity index (χ1n) is 12.1. The van der Waals surface area contributed by atoms with E-state index in [1.165, 1.54) is 0 Å². The van der Waals surface area contributed by atoms with Crippen LogP contribution in [0, 0.1) is 0 Å². The summed E-state index contributed by atoms with van der Waals surface area (Å²) in [4.78, 5) is 24.4. The van der Waals surface area contributed by atoms with Crippen molar-refractivity contribution in [3.8, 4) is 17.2 Å². The van der Waals surface area contributed by atoms with Gasteiger partial charge in [0.15, 0.2) is 0 Å². The fourth-order valence-electron chi connectivity index (χ4n) is 4.14. The number of hydrogen-bond acceptors (Lipinski definition) is 5. The quantitative estimate of drug-likeness (QED) is 0.356. The Labute approximate surface area is 221 Å². The SMILES string of the molecule is CC(C)(C)OC(CNC(=O)c1ccc(Oc2cc3c(cc2Cl)C(C(=O)O)CCO3)cc1)c1ccccc1. The zero-order chi connectivity index (χ0) is 26.6. The van der Waals surface area contributed by atoms with Crippen LogP contribution in [0.1, 0.15) is 60.7 Å². The Bertz CT molecular complexity index is 1250. The maximum Gasteiger partial charge on any atom is 0.311 e. The zero-order valence-electron chi connectivity index (χ0n) is 21.0. The van der Waals surface area contributed by atoms with Crippen molar-refractivity contribution >= 4 is 23.5 Å². The van der Waals surface area contributed by atoms with Crippen LogP contribution in [0.25, 0.3) is 0 Å². The predicted molar refractivity (Wildman–Crippen MR) is 141 cm³/mol. The summed E-state index contributed by atoms with van der Waals surface area (Å²) in [6.07, 6.45) is 0.0958. The van der Waals surface area contributed by atoms with Crippen LogP contribution in [-0.2, 0) is 9.53 Å². The molecule has 0 aliphatic carbocycles. The van der Waals surface area contributed by atoms with E-state index in [1.807, 2.05) is 51.1 Å². The molecule has 2 N–H and O–H groups in total. The molecule has 0 aromatic heterocycles. The van der Waals surface area contributed by atoms with Crippen molar-refractivity contribution in [3.63, 3.8) is 0 Å². The molecular formula is C29H30ClNO6. The molecule has 7 nitrogen and oxygen atoms in total. The number of benzene rings is 3. The molecule has 0 bridgehead atoms. The number of carboxylic acid groups (broad SMARTS) is 1. The second-order valence-corrected chi connectivity index (χ2v) is 10.2. The van der Waals surface area contributed by atoms with Gasteiger partial charge in [0.05, 0.1) is 23.1 Å². The summed E-state index contributed by atoms with van der Waals surface area (Å²) in [6, 6.07) is 19.6. The Kier molecular flexibility index (Phi) is 8.05. The number of halogens is 1. The van der Waals surface area contributed by atoms with Crippen LogP contribution in [0.4, 0.5) is 0 Å². The number of aliphatic carboxylic acids is 1. The molecule has 4 rings (SSSR count). The van der Waals surface area contributed by atoms with E-state index in [2.05, 4.69) is 5.32 Å². The third kappa shape index (κ3) is 6.81. The minimum Gasteiger partial charge on any atom is -0.493 e.